The van der Waals surface area contributed by atoms with E-state index >= 15 is 0 Å². The highest BCUT2D eigenvalue weighted by Crippen LogP contribution is 2.40. The van der Waals surface area contributed by atoms with Gasteiger partial charge in [-0.1, -0.05) is 18.2 Å². The Hall–Kier alpha value is -4.25. The number of carbonyl (C=O) groups is 3. The van der Waals surface area contributed by atoms with Gasteiger partial charge in [-0.15, -0.1) is 0 Å². The van der Waals surface area contributed by atoms with Crippen LogP contribution < -0.4 is 19.5 Å². The summed E-state index contributed by atoms with van der Waals surface area (Å²) in [6, 6.07) is 11.3. The maximum absolute atomic E-state index is 13.4. The highest BCUT2D eigenvalue weighted by molar-refractivity contribution is 5.96. The molecule has 0 aliphatic carbocycles. The Balaban J connectivity index is 1.61. The maximum Gasteiger partial charge on any atom is 0.338 e. The quantitative estimate of drug-likeness (QED) is 0.473. The van der Waals surface area contributed by atoms with E-state index in [9.17, 15) is 14.4 Å². The van der Waals surface area contributed by atoms with E-state index in [0.717, 1.165) is 0 Å². The number of hydrogen-bond donors (Lipinski definition) is 1. The van der Waals surface area contributed by atoms with Crippen LogP contribution in [0.2, 0.25) is 0 Å². The van der Waals surface area contributed by atoms with Gasteiger partial charge in [0.25, 0.3) is 5.91 Å². The lowest BCUT2D eigenvalue weighted by atomic mass is 9.93. The summed E-state index contributed by atoms with van der Waals surface area (Å²) in [6.45, 7) is 4.38. The highest BCUT2D eigenvalue weighted by Gasteiger charge is 2.39. The molecule has 1 saturated heterocycles. The summed E-state index contributed by atoms with van der Waals surface area (Å²) in [7, 11) is 6.24. The third-order valence-electron chi connectivity index (χ3n) is 7.17. The molecule has 0 spiro atoms. The van der Waals surface area contributed by atoms with Crippen LogP contribution in [0.25, 0.3) is 0 Å². The summed E-state index contributed by atoms with van der Waals surface area (Å²) in [5.74, 6) is 0.944. The second-order valence-corrected chi connectivity index (χ2v) is 9.41. The average Bonchev–Trinajstić information content (AvgIpc) is 2.98. The molecule has 11 heteroatoms. The number of esters is 1. The Bertz CT molecular complexity index is 1290. The average molecular weight is 553 g/mol. The first-order valence-electron chi connectivity index (χ1n) is 13.1. The molecule has 2 aliphatic rings. The molecule has 1 unspecified atom stereocenters. The van der Waals surface area contributed by atoms with E-state index in [4.69, 9.17) is 18.9 Å². The van der Waals surface area contributed by atoms with Crippen molar-refractivity contribution < 1.29 is 33.3 Å². The van der Waals surface area contributed by atoms with Crippen molar-refractivity contribution in [3.8, 4) is 17.2 Å². The van der Waals surface area contributed by atoms with E-state index in [0.29, 0.717) is 72.4 Å². The number of carbonyl (C=O) groups excluding carboxylic acids is 3. The number of likely N-dealkylation sites (N-methyl/N-ethyl adjacent to an activating group) is 1. The summed E-state index contributed by atoms with van der Waals surface area (Å²) < 4.78 is 21.8. The Morgan fingerprint density at radius 1 is 0.975 bits per heavy atom. The zero-order valence-corrected chi connectivity index (χ0v) is 23.6. The van der Waals surface area contributed by atoms with E-state index < -0.39 is 12.0 Å². The molecule has 11 nitrogen and oxygen atoms in total. The molecule has 2 aliphatic heterocycles. The van der Waals surface area contributed by atoms with Crippen LogP contribution in [0.15, 0.2) is 53.7 Å². The summed E-state index contributed by atoms with van der Waals surface area (Å²) in [5.41, 5.74) is 2.01. The molecule has 2 heterocycles. The molecular formula is C29H36N4O7. The van der Waals surface area contributed by atoms with Crippen molar-refractivity contribution in [2.45, 2.75) is 13.0 Å². The molecule has 0 aromatic heterocycles. The minimum absolute atomic E-state index is 0.0654. The number of nitrogens with zero attached hydrogens (tertiary/aromatic N) is 3. The number of rotatable bonds is 9. The number of methoxy groups -OCH3 is 3. The van der Waals surface area contributed by atoms with Crippen LogP contribution in [0.3, 0.4) is 0 Å². The monoisotopic (exact) mass is 552 g/mol. The van der Waals surface area contributed by atoms with E-state index in [1.165, 1.54) is 19.1 Å². The predicted octanol–water partition coefficient (Wildman–Crippen LogP) is 2.68. The zero-order valence-electron chi connectivity index (χ0n) is 23.6. The van der Waals surface area contributed by atoms with Gasteiger partial charge >= 0.3 is 12.0 Å². The Morgan fingerprint density at radius 2 is 1.70 bits per heavy atom. The largest absolute Gasteiger partial charge is 0.497 e. The van der Waals surface area contributed by atoms with Crippen molar-refractivity contribution >= 4 is 17.9 Å². The fourth-order valence-corrected chi connectivity index (χ4v) is 5.03. The lowest BCUT2D eigenvalue weighted by Gasteiger charge is -2.39. The number of urea groups is 1. The first kappa shape index (κ1) is 28.8. The number of nitrogens with one attached hydrogen (secondary N) is 1. The SMILES string of the molecule is CCOC(=O)C1=C(CN2CCN(C(=O)c3cccc(OC)c3)CC2)N(C)C(=O)NC1c1cccc(OC)c1OC. The van der Waals surface area contributed by atoms with Crippen molar-refractivity contribution in [2.24, 2.45) is 0 Å². The molecular weight excluding hydrogens is 516 g/mol. The molecule has 214 valence electrons. The number of para-hydroxylation sites is 1. The Labute approximate surface area is 234 Å². The minimum Gasteiger partial charge on any atom is -0.497 e. The van der Waals surface area contributed by atoms with Crippen LogP contribution in [0.1, 0.15) is 28.9 Å². The van der Waals surface area contributed by atoms with Gasteiger partial charge in [0.15, 0.2) is 11.5 Å². The van der Waals surface area contributed by atoms with Crippen LogP contribution in [-0.2, 0) is 9.53 Å². The van der Waals surface area contributed by atoms with Crippen molar-refractivity contribution in [3.05, 3.63) is 64.9 Å². The highest BCUT2D eigenvalue weighted by atomic mass is 16.5. The van der Waals surface area contributed by atoms with Gasteiger partial charge < -0.3 is 29.2 Å². The number of piperazine rings is 1. The first-order chi connectivity index (χ1) is 19.3. The standard InChI is InChI=1S/C29H36N4O7/c1-6-40-28(35)24-22(31(2)29(36)30-25(24)21-11-8-12-23(38-4)26(21)39-5)18-32-13-15-33(16-14-32)27(34)19-9-7-10-20(17-19)37-3/h7-12,17,25H,6,13-16,18H2,1-5H3,(H,30,36). The van der Waals surface area contributed by atoms with E-state index in [2.05, 4.69) is 10.2 Å². The second kappa shape index (κ2) is 12.7. The van der Waals surface area contributed by atoms with E-state index in [-0.39, 0.29) is 18.5 Å². The molecule has 4 rings (SSSR count). The molecule has 3 amide bonds. The minimum atomic E-state index is -0.807. The zero-order chi connectivity index (χ0) is 28.8. The summed E-state index contributed by atoms with van der Waals surface area (Å²) in [4.78, 5) is 45.0. The molecule has 1 fully saturated rings. The van der Waals surface area contributed by atoms with Gasteiger partial charge in [0.2, 0.25) is 0 Å². The number of hydrogen-bond acceptors (Lipinski definition) is 8. The number of ether oxygens (including phenoxy) is 4. The Kier molecular flexibility index (Phi) is 9.15. The fourth-order valence-electron chi connectivity index (χ4n) is 5.03. The normalized spacial score (nSPS) is 17.8. The van der Waals surface area contributed by atoms with Crippen LogP contribution in [0.4, 0.5) is 4.79 Å². The van der Waals surface area contributed by atoms with Crippen molar-refractivity contribution in [2.75, 3.05) is 67.7 Å². The predicted molar refractivity (Wildman–Crippen MR) is 148 cm³/mol. The summed E-state index contributed by atoms with van der Waals surface area (Å²) in [6.07, 6.45) is 0. The molecule has 0 radical (unpaired) electrons. The second-order valence-electron chi connectivity index (χ2n) is 9.41. The molecule has 2 aromatic carbocycles. The lowest BCUT2D eigenvalue weighted by molar-refractivity contribution is -0.139. The molecule has 0 bridgehead atoms. The lowest BCUT2D eigenvalue weighted by Crippen LogP contribution is -2.53. The van der Waals surface area contributed by atoms with Gasteiger partial charge in [-0.05, 0) is 31.2 Å². The number of benzene rings is 2. The van der Waals surface area contributed by atoms with Gasteiger partial charge in [0.1, 0.15) is 5.75 Å². The molecule has 40 heavy (non-hydrogen) atoms. The van der Waals surface area contributed by atoms with Gasteiger partial charge in [0, 0.05) is 56.6 Å². The Morgan fingerprint density at radius 3 is 2.35 bits per heavy atom. The van der Waals surface area contributed by atoms with E-state index in [1.54, 1.807) is 68.4 Å². The van der Waals surface area contributed by atoms with Gasteiger partial charge in [-0.2, -0.15) is 0 Å². The summed E-state index contributed by atoms with van der Waals surface area (Å²) in [5, 5.41) is 2.93. The van der Waals surface area contributed by atoms with Gasteiger partial charge in [-0.3, -0.25) is 14.6 Å². The molecule has 0 saturated carbocycles. The first-order valence-corrected chi connectivity index (χ1v) is 13.1. The smallest absolute Gasteiger partial charge is 0.338 e. The third-order valence-corrected chi connectivity index (χ3v) is 7.17. The van der Waals surface area contributed by atoms with Crippen molar-refractivity contribution in [1.82, 2.24) is 20.0 Å². The molecule has 1 atom stereocenters. The number of amides is 3. The third kappa shape index (κ3) is 5.84. The summed E-state index contributed by atoms with van der Waals surface area (Å²) >= 11 is 0. The van der Waals surface area contributed by atoms with Gasteiger partial charge in [-0.25, -0.2) is 9.59 Å². The fraction of sp³-hybridized carbons (Fsp3) is 0.414. The van der Waals surface area contributed by atoms with Crippen LogP contribution in [0.5, 0.6) is 17.2 Å². The van der Waals surface area contributed by atoms with Crippen molar-refractivity contribution in [1.29, 1.82) is 0 Å². The maximum atomic E-state index is 13.4. The van der Waals surface area contributed by atoms with Crippen molar-refractivity contribution in [3.63, 3.8) is 0 Å². The topological polar surface area (TPSA) is 110 Å². The van der Waals surface area contributed by atoms with Crippen LogP contribution in [0, 0.1) is 0 Å². The molecule has 2 aromatic rings. The molecule has 1 N–H and O–H groups in total. The van der Waals surface area contributed by atoms with Crippen LogP contribution in [-0.4, -0.2) is 100 Å². The van der Waals surface area contributed by atoms with E-state index in [1.807, 2.05) is 0 Å². The van der Waals surface area contributed by atoms with Gasteiger partial charge in [0.05, 0.1) is 39.6 Å². The van der Waals surface area contributed by atoms with Crippen LogP contribution >= 0.6 is 0 Å².